The molecule has 0 aliphatic heterocycles. The quantitative estimate of drug-likeness (QED) is 0.847. The molecule has 0 heterocycles. The molecule has 0 unspecified atom stereocenters. The predicted molar refractivity (Wildman–Crippen MR) is 89.6 cm³/mol. The fourth-order valence-electron chi connectivity index (χ4n) is 1.55. The zero-order chi connectivity index (χ0) is 15.6. The van der Waals surface area contributed by atoms with E-state index in [1.807, 2.05) is 65.8 Å². The molecule has 1 aromatic rings. The van der Waals surface area contributed by atoms with E-state index < -0.39 is 21.6 Å². The summed E-state index contributed by atoms with van der Waals surface area (Å²) in [7, 11) is -1.87. The molecule has 4 heteroatoms. The fraction of sp³-hybridized carbons (Fsp3) is 0.625. The van der Waals surface area contributed by atoms with Gasteiger partial charge in [0.05, 0.1) is 0 Å². The Bertz CT molecular complexity index is 461. The summed E-state index contributed by atoms with van der Waals surface area (Å²) < 4.78 is 24.2. The fourth-order valence-corrected chi connectivity index (χ4v) is 3.55. The molecule has 1 aromatic carbocycles. The van der Waals surface area contributed by atoms with Gasteiger partial charge in [0.2, 0.25) is 0 Å². The summed E-state index contributed by atoms with van der Waals surface area (Å²) in [5.74, 6) is 1.06. The van der Waals surface area contributed by atoms with Crippen LogP contribution in [0.15, 0.2) is 24.3 Å². The highest BCUT2D eigenvalue weighted by Gasteiger charge is 2.23. The third kappa shape index (κ3) is 5.13. The van der Waals surface area contributed by atoms with Gasteiger partial charge in [0.25, 0.3) is 0 Å². The molecule has 0 amide bonds. The Kier molecular flexibility index (Phi) is 5.73. The summed E-state index contributed by atoms with van der Waals surface area (Å²) in [6.07, 6.45) is 0. The van der Waals surface area contributed by atoms with Gasteiger partial charge in [-0.05, 0) is 52.7 Å². The number of hydrogen-bond acceptors (Lipinski definition) is 2. The SMILES string of the molecule is CC(C)(C)[S@](=O)Cc1ccccc1C[S@](=O)C(C)(C)C. The van der Waals surface area contributed by atoms with Crippen LogP contribution in [0.4, 0.5) is 0 Å². The van der Waals surface area contributed by atoms with Gasteiger partial charge in [-0.15, -0.1) is 0 Å². The standard InChI is InChI=1S/C16H26O2S2/c1-15(2,3)19(17)11-13-9-7-8-10-14(13)12-20(18)16(4,5)6/h7-10H,11-12H2,1-6H3/t19-,20+. The first-order valence-corrected chi connectivity index (χ1v) is 9.49. The number of rotatable bonds is 4. The Morgan fingerprint density at radius 3 is 1.30 bits per heavy atom. The van der Waals surface area contributed by atoms with Crippen LogP contribution in [-0.2, 0) is 33.1 Å². The molecule has 114 valence electrons. The molecule has 2 nitrogen and oxygen atoms in total. The lowest BCUT2D eigenvalue weighted by Gasteiger charge is -2.21. The minimum Gasteiger partial charge on any atom is -0.259 e. The van der Waals surface area contributed by atoms with E-state index in [9.17, 15) is 8.42 Å². The van der Waals surface area contributed by atoms with Crippen LogP contribution < -0.4 is 0 Å². The number of benzene rings is 1. The molecule has 20 heavy (non-hydrogen) atoms. The van der Waals surface area contributed by atoms with Crippen LogP contribution in [0.5, 0.6) is 0 Å². The van der Waals surface area contributed by atoms with E-state index in [2.05, 4.69) is 0 Å². The molecular formula is C16H26O2S2. The van der Waals surface area contributed by atoms with Gasteiger partial charge in [-0.1, -0.05) is 24.3 Å². The lowest BCUT2D eigenvalue weighted by Crippen LogP contribution is -2.25. The van der Waals surface area contributed by atoms with Crippen molar-refractivity contribution >= 4 is 21.6 Å². The van der Waals surface area contributed by atoms with Crippen LogP contribution >= 0.6 is 0 Å². The second kappa shape index (κ2) is 6.52. The van der Waals surface area contributed by atoms with Gasteiger partial charge in [0, 0.05) is 42.6 Å². The van der Waals surface area contributed by atoms with Crippen LogP contribution in [0.2, 0.25) is 0 Å². The van der Waals surface area contributed by atoms with E-state index in [1.54, 1.807) is 0 Å². The summed E-state index contributed by atoms with van der Waals surface area (Å²) in [5, 5.41) is 0. The molecule has 0 aliphatic rings. The van der Waals surface area contributed by atoms with Gasteiger partial charge >= 0.3 is 0 Å². The smallest absolute Gasteiger partial charge is 0.0494 e. The van der Waals surface area contributed by atoms with Crippen molar-refractivity contribution in [1.29, 1.82) is 0 Å². The van der Waals surface area contributed by atoms with Crippen molar-refractivity contribution in [2.75, 3.05) is 0 Å². The first-order valence-electron chi connectivity index (χ1n) is 6.85. The van der Waals surface area contributed by atoms with Crippen molar-refractivity contribution in [2.45, 2.75) is 62.5 Å². The molecule has 0 bridgehead atoms. The van der Waals surface area contributed by atoms with Crippen LogP contribution in [0.25, 0.3) is 0 Å². The Morgan fingerprint density at radius 2 is 1.05 bits per heavy atom. The van der Waals surface area contributed by atoms with Crippen molar-refractivity contribution in [3.63, 3.8) is 0 Å². The monoisotopic (exact) mass is 314 g/mol. The molecule has 1 rings (SSSR count). The minimum absolute atomic E-state index is 0.226. The van der Waals surface area contributed by atoms with E-state index in [1.165, 1.54) is 0 Å². The largest absolute Gasteiger partial charge is 0.259 e. The zero-order valence-corrected chi connectivity index (χ0v) is 15.0. The van der Waals surface area contributed by atoms with E-state index >= 15 is 0 Å². The lowest BCUT2D eigenvalue weighted by atomic mass is 10.1. The maximum atomic E-state index is 12.3. The average molecular weight is 315 g/mol. The molecule has 0 radical (unpaired) electrons. The highest BCUT2D eigenvalue weighted by molar-refractivity contribution is 7.86. The molecule has 0 N–H and O–H groups in total. The van der Waals surface area contributed by atoms with Crippen molar-refractivity contribution in [3.05, 3.63) is 35.4 Å². The second-order valence-corrected chi connectivity index (χ2v) is 11.4. The van der Waals surface area contributed by atoms with Gasteiger partial charge in [-0.3, -0.25) is 8.42 Å². The van der Waals surface area contributed by atoms with Crippen molar-refractivity contribution in [1.82, 2.24) is 0 Å². The zero-order valence-electron chi connectivity index (χ0n) is 13.4. The van der Waals surface area contributed by atoms with Crippen LogP contribution in [0.1, 0.15) is 52.7 Å². The van der Waals surface area contributed by atoms with E-state index in [-0.39, 0.29) is 9.49 Å². The van der Waals surface area contributed by atoms with E-state index in [0.717, 1.165) is 11.1 Å². The Hall–Kier alpha value is -0.480. The van der Waals surface area contributed by atoms with Crippen molar-refractivity contribution in [2.24, 2.45) is 0 Å². The van der Waals surface area contributed by atoms with E-state index in [4.69, 9.17) is 0 Å². The third-order valence-corrected chi connectivity index (χ3v) is 6.94. The summed E-state index contributed by atoms with van der Waals surface area (Å²) in [6, 6.07) is 7.91. The maximum absolute atomic E-state index is 12.3. The Labute approximate surface area is 128 Å². The Balaban J connectivity index is 2.95. The van der Waals surface area contributed by atoms with E-state index in [0.29, 0.717) is 11.5 Å². The topological polar surface area (TPSA) is 34.1 Å². The molecule has 0 saturated carbocycles. The number of hydrogen-bond donors (Lipinski definition) is 0. The van der Waals surface area contributed by atoms with Crippen LogP contribution in [0, 0.1) is 0 Å². The van der Waals surface area contributed by atoms with Gasteiger partial charge in [0.15, 0.2) is 0 Å². The van der Waals surface area contributed by atoms with Crippen molar-refractivity contribution in [3.8, 4) is 0 Å². The minimum atomic E-state index is -0.934. The summed E-state index contributed by atoms with van der Waals surface area (Å²) in [6.45, 7) is 11.9. The second-order valence-electron chi connectivity index (χ2n) is 6.97. The highest BCUT2D eigenvalue weighted by atomic mass is 32.2. The summed E-state index contributed by atoms with van der Waals surface area (Å²) >= 11 is 0. The molecule has 0 aromatic heterocycles. The van der Waals surface area contributed by atoms with Crippen molar-refractivity contribution < 1.29 is 8.42 Å². The molecule has 0 spiro atoms. The maximum Gasteiger partial charge on any atom is 0.0494 e. The molecule has 0 saturated heterocycles. The predicted octanol–water partition coefficient (Wildman–Crippen LogP) is 3.78. The lowest BCUT2D eigenvalue weighted by molar-refractivity contribution is 0.646. The normalized spacial score (nSPS) is 15.9. The molecule has 0 fully saturated rings. The molecular weight excluding hydrogens is 288 g/mol. The summed E-state index contributed by atoms with van der Waals surface area (Å²) in [5.41, 5.74) is 2.11. The molecule has 2 atom stereocenters. The van der Waals surface area contributed by atoms with Crippen LogP contribution in [0.3, 0.4) is 0 Å². The first kappa shape index (κ1) is 17.6. The third-order valence-electron chi connectivity index (χ3n) is 3.06. The van der Waals surface area contributed by atoms with Gasteiger partial charge in [-0.2, -0.15) is 0 Å². The summed E-state index contributed by atoms with van der Waals surface area (Å²) in [4.78, 5) is 0. The highest BCUT2D eigenvalue weighted by Crippen LogP contribution is 2.22. The Morgan fingerprint density at radius 1 is 0.750 bits per heavy atom. The molecule has 0 aliphatic carbocycles. The van der Waals surface area contributed by atoms with Gasteiger partial charge < -0.3 is 0 Å². The van der Waals surface area contributed by atoms with Gasteiger partial charge in [0.1, 0.15) is 0 Å². The average Bonchev–Trinajstić information content (AvgIpc) is 2.29. The first-order chi connectivity index (χ1) is 9.01. The van der Waals surface area contributed by atoms with Gasteiger partial charge in [-0.25, -0.2) is 0 Å². The van der Waals surface area contributed by atoms with Crippen LogP contribution in [-0.4, -0.2) is 17.9 Å².